The van der Waals surface area contributed by atoms with Crippen LogP contribution >= 0.6 is 11.5 Å². The van der Waals surface area contributed by atoms with Gasteiger partial charge >= 0.3 is 0 Å². The van der Waals surface area contributed by atoms with Crippen molar-refractivity contribution < 1.29 is 4.79 Å². The quantitative estimate of drug-likeness (QED) is 0.748. The Balaban J connectivity index is 1.71. The molecule has 2 unspecified atom stereocenters. The van der Waals surface area contributed by atoms with Crippen LogP contribution in [0.15, 0.2) is 5.38 Å². The number of carbonyl (C=O) groups excluding carboxylic acids is 1. The van der Waals surface area contributed by atoms with Gasteiger partial charge in [0, 0.05) is 18.5 Å². The van der Waals surface area contributed by atoms with E-state index in [1.54, 1.807) is 5.38 Å². The molecule has 1 aliphatic heterocycles. The Bertz CT molecular complexity index is 365. The first kappa shape index (κ1) is 10.2. The van der Waals surface area contributed by atoms with E-state index in [2.05, 4.69) is 9.59 Å². The Morgan fingerprint density at radius 2 is 2.00 bits per heavy atom. The molecule has 4 nitrogen and oxygen atoms in total. The molecule has 0 N–H and O–H groups in total. The number of amides is 1. The standard InChI is InChI=1S/C11H15N3OS/c15-11(10-7-16-13-12-10)14-5-8-3-1-2-4-9(8)6-14/h7-9H,1-6H2. The van der Waals surface area contributed by atoms with Gasteiger partial charge in [0.2, 0.25) is 0 Å². The van der Waals surface area contributed by atoms with Gasteiger partial charge in [-0.15, -0.1) is 5.10 Å². The van der Waals surface area contributed by atoms with E-state index in [0.29, 0.717) is 5.69 Å². The van der Waals surface area contributed by atoms with Gasteiger partial charge in [0.1, 0.15) is 0 Å². The van der Waals surface area contributed by atoms with E-state index in [1.165, 1.54) is 37.2 Å². The fourth-order valence-electron chi connectivity index (χ4n) is 2.99. The van der Waals surface area contributed by atoms with Crippen molar-refractivity contribution in [3.63, 3.8) is 0 Å². The van der Waals surface area contributed by atoms with Crippen molar-refractivity contribution in [2.45, 2.75) is 25.7 Å². The Hall–Kier alpha value is -0.970. The van der Waals surface area contributed by atoms with Crippen molar-refractivity contribution in [3.05, 3.63) is 11.1 Å². The van der Waals surface area contributed by atoms with Crippen molar-refractivity contribution >= 4 is 17.4 Å². The van der Waals surface area contributed by atoms with Gasteiger partial charge in [0.25, 0.3) is 5.91 Å². The number of hydrogen-bond acceptors (Lipinski definition) is 4. The summed E-state index contributed by atoms with van der Waals surface area (Å²) in [6.07, 6.45) is 5.26. The maximum Gasteiger partial charge on any atom is 0.275 e. The van der Waals surface area contributed by atoms with Crippen molar-refractivity contribution in [1.29, 1.82) is 0 Å². The highest BCUT2D eigenvalue weighted by Gasteiger charge is 2.37. The van der Waals surface area contributed by atoms with E-state index < -0.39 is 0 Å². The molecule has 1 amide bonds. The molecule has 0 aromatic carbocycles. The predicted molar refractivity (Wildman–Crippen MR) is 61.3 cm³/mol. The lowest BCUT2D eigenvalue weighted by Gasteiger charge is -2.22. The minimum atomic E-state index is 0.0724. The van der Waals surface area contributed by atoms with Gasteiger partial charge in [0.05, 0.1) is 0 Å². The molecule has 2 aliphatic rings. The highest BCUT2D eigenvalue weighted by atomic mass is 32.1. The molecule has 1 saturated heterocycles. The van der Waals surface area contributed by atoms with Crippen molar-refractivity contribution in [2.24, 2.45) is 11.8 Å². The van der Waals surface area contributed by atoms with Crippen LogP contribution in [0.2, 0.25) is 0 Å². The van der Waals surface area contributed by atoms with Crippen LogP contribution in [0.3, 0.4) is 0 Å². The molecular formula is C11H15N3OS. The molecule has 16 heavy (non-hydrogen) atoms. The summed E-state index contributed by atoms with van der Waals surface area (Å²) in [6.45, 7) is 1.86. The van der Waals surface area contributed by atoms with Gasteiger partial charge in [-0.25, -0.2) is 0 Å². The average Bonchev–Trinajstić information content (AvgIpc) is 2.97. The normalized spacial score (nSPS) is 29.1. The first-order chi connectivity index (χ1) is 7.84. The second-order valence-electron chi connectivity index (χ2n) is 4.80. The number of fused-ring (bicyclic) bond motifs is 1. The third-order valence-corrected chi connectivity index (χ3v) is 4.35. The molecule has 1 aromatic rings. The number of carbonyl (C=O) groups is 1. The molecule has 2 heterocycles. The van der Waals surface area contributed by atoms with E-state index in [1.807, 2.05) is 4.90 Å². The number of hydrogen-bond donors (Lipinski definition) is 0. The van der Waals surface area contributed by atoms with Crippen LogP contribution in [0.1, 0.15) is 36.2 Å². The molecule has 0 spiro atoms. The first-order valence-electron chi connectivity index (χ1n) is 5.91. The molecule has 1 saturated carbocycles. The van der Waals surface area contributed by atoms with E-state index in [9.17, 15) is 4.79 Å². The average molecular weight is 237 g/mol. The van der Waals surface area contributed by atoms with E-state index in [4.69, 9.17) is 0 Å². The van der Waals surface area contributed by atoms with Gasteiger partial charge in [-0.05, 0) is 36.2 Å². The van der Waals surface area contributed by atoms with E-state index >= 15 is 0 Å². The van der Waals surface area contributed by atoms with Crippen LogP contribution < -0.4 is 0 Å². The van der Waals surface area contributed by atoms with Crippen LogP contribution in [-0.4, -0.2) is 33.5 Å². The lowest BCUT2D eigenvalue weighted by molar-refractivity contribution is 0.0778. The third-order valence-electron chi connectivity index (χ3n) is 3.84. The first-order valence-corrected chi connectivity index (χ1v) is 6.74. The second-order valence-corrected chi connectivity index (χ2v) is 5.41. The van der Waals surface area contributed by atoms with Gasteiger partial charge in [-0.2, -0.15) is 0 Å². The van der Waals surface area contributed by atoms with E-state index in [-0.39, 0.29) is 5.91 Å². The summed E-state index contributed by atoms with van der Waals surface area (Å²) < 4.78 is 3.75. The summed E-state index contributed by atoms with van der Waals surface area (Å²) in [6, 6.07) is 0. The molecule has 0 radical (unpaired) electrons. The molecule has 1 aliphatic carbocycles. The van der Waals surface area contributed by atoms with Crippen LogP contribution in [-0.2, 0) is 0 Å². The minimum Gasteiger partial charge on any atom is -0.337 e. The molecule has 86 valence electrons. The molecule has 1 aromatic heterocycles. The molecular weight excluding hydrogens is 222 g/mol. The molecule has 0 bridgehead atoms. The predicted octanol–water partition coefficient (Wildman–Crippen LogP) is 1.80. The SMILES string of the molecule is O=C(c1csnn1)N1CC2CCCCC2C1. The van der Waals surface area contributed by atoms with Crippen LogP contribution in [0.25, 0.3) is 0 Å². The molecule has 2 atom stereocenters. The molecule has 3 rings (SSSR count). The fraction of sp³-hybridized carbons (Fsp3) is 0.727. The van der Waals surface area contributed by atoms with Gasteiger partial charge in [-0.1, -0.05) is 17.3 Å². The lowest BCUT2D eigenvalue weighted by atomic mass is 9.82. The fourth-order valence-corrected chi connectivity index (χ4v) is 3.42. The zero-order valence-corrected chi connectivity index (χ0v) is 9.95. The highest BCUT2D eigenvalue weighted by Crippen LogP contribution is 2.36. The Morgan fingerprint density at radius 3 is 2.56 bits per heavy atom. The largest absolute Gasteiger partial charge is 0.337 e. The summed E-state index contributed by atoms with van der Waals surface area (Å²) >= 11 is 1.24. The Labute approximate surface area is 98.8 Å². The lowest BCUT2D eigenvalue weighted by Crippen LogP contribution is -2.29. The third kappa shape index (κ3) is 1.73. The van der Waals surface area contributed by atoms with Gasteiger partial charge in [0.15, 0.2) is 5.69 Å². The summed E-state index contributed by atoms with van der Waals surface area (Å²) in [5.41, 5.74) is 0.517. The molecule has 2 fully saturated rings. The summed E-state index contributed by atoms with van der Waals surface area (Å²) in [4.78, 5) is 14.1. The second kappa shape index (κ2) is 4.13. The number of likely N-dealkylation sites (tertiary alicyclic amines) is 1. The highest BCUT2D eigenvalue weighted by molar-refractivity contribution is 7.03. The Kier molecular flexibility index (Phi) is 2.63. The van der Waals surface area contributed by atoms with Crippen LogP contribution in [0, 0.1) is 11.8 Å². The summed E-state index contributed by atoms with van der Waals surface area (Å²) in [7, 11) is 0. The van der Waals surface area contributed by atoms with Crippen molar-refractivity contribution in [1.82, 2.24) is 14.5 Å². The summed E-state index contributed by atoms with van der Waals surface area (Å²) in [5, 5.41) is 5.60. The topological polar surface area (TPSA) is 46.1 Å². The Morgan fingerprint density at radius 1 is 1.31 bits per heavy atom. The van der Waals surface area contributed by atoms with Gasteiger partial charge < -0.3 is 4.90 Å². The number of nitrogens with zero attached hydrogens (tertiary/aromatic N) is 3. The number of aromatic nitrogens is 2. The van der Waals surface area contributed by atoms with Gasteiger partial charge in [-0.3, -0.25) is 4.79 Å². The van der Waals surface area contributed by atoms with E-state index in [0.717, 1.165) is 24.9 Å². The van der Waals surface area contributed by atoms with Crippen LogP contribution in [0.5, 0.6) is 0 Å². The van der Waals surface area contributed by atoms with Crippen LogP contribution in [0.4, 0.5) is 0 Å². The summed E-state index contributed by atoms with van der Waals surface area (Å²) in [5.74, 6) is 1.55. The molecule has 5 heteroatoms. The monoisotopic (exact) mass is 237 g/mol. The minimum absolute atomic E-state index is 0.0724. The smallest absolute Gasteiger partial charge is 0.275 e. The zero-order chi connectivity index (χ0) is 11.0. The maximum absolute atomic E-state index is 12.1. The number of rotatable bonds is 1. The maximum atomic E-state index is 12.1. The van der Waals surface area contributed by atoms with Crippen molar-refractivity contribution in [3.8, 4) is 0 Å². The van der Waals surface area contributed by atoms with Crippen molar-refractivity contribution in [2.75, 3.05) is 13.1 Å². The zero-order valence-electron chi connectivity index (χ0n) is 9.13.